The third-order valence-corrected chi connectivity index (χ3v) is 6.69. The van der Waals surface area contributed by atoms with Gasteiger partial charge in [0.1, 0.15) is 36.4 Å². The van der Waals surface area contributed by atoms with Crippen molar-refractivity contribution in [1.82, 2.24) is 14.6 Å². The minimum atomic E-state index is -4.26. The minimum Gasteiger partial charge on any atom is -0.493 e. The highest BCUT2D eigenvalue weighted by atomic mass is 31.2. The smallest absolute Gasteiger partial charge is 0.459 e. The number of carbonyl (C=O) groups is 2. The Kier molecular flexibility index (Phi) is 8.71. The number of rotatable bonds is 11. The van der Waals surface area contributed by atoms with E-state index in [9.17, 15) is 29.5 Å². The van der Waals surface area contributed by atoms with Crippen LogP contribution in [-0.4, -0.2) is 73.8 Å². The van der Waals surface area contributed by atoms with E-state index in [2.05, 4.69) is 10.1 Å². The van der Waals surface area contributed by atoms with Gasteiger partial charge in [-0.15, -0.1) is 0 Å². The van der Waals surface area contributed by atoms with E-state index in [0.717, 1.165) is 10.9 Å². The van der Waals surface area contributed by atoms with Crippen LogP contribution in [0.1, 0.15) is 37.5 Å². The normalized spacial score (nSPS) is 24.3. The van der Waals surface area contributed by atoms with Crippen LogP contribution in [0.25, 0.3) is 0 Å². The van der Waals surface area contributed by atoms with E-state index in [4.69, 9.17) is 24.3 Å². The van der Waals surface area contributed by atoms with Crippen LogP contribution in [0.3, 0.4) is 0 Å². The fourth-order valence-electron chi connectivity index (χ4n) is 3.32. The molecule has 1 amide bonds. The highest BCUT2D eigenvalue weighted by Gasteiger charge is 2.46. The van der Waals surface area contributed by atoms with Crippen molar-refractivity contribution in [3.8, 4) is 11.6 Å². The van der Waals surface area contributed by atoms with E-state index in [1.807, 2.05) is 0 Å². The number of aromatic nitrogens is 2. The van der Waals surface area contributed by atoms with Crippen molar-refractivity contribution in [2.24, 2.45) is 5.73 Å². The van der Waals surface area contributed by atoms with Crippen LogP contribution in [-0.2, 0) is 23.4 Å². The number of aromatic hydroxyl groups is 1. The number of primary amides is 1. The maximum atomic E-state index is 13.5. The maximum absolute atomic E-state index is 13.5. The first-order valence-corrected chi connectivity index (χ1v) is 12.5. The predicted octanol–water partition coefficient (Wildman–Crippen LogP) is 0.440. The molecule has 2 unspecified atom stereocenters. The van der Waals surface area contributed by atoms with Gasteiger partial charge in [-0.2, -0.15) is 5.09 Å². The number of hydrogen-bond acceptors (Lipinski definition) is 11. The van der Waals surface area contributed by atoms with Gasteiger partial charge >= 0.3 is 13.7 Å². The summed E-state index contributed by atoms with van der Waals surface area (Å²) in [5, 5.41) is 33.6. The van der Waals surface area contributed by atoms with E-state index in [-0.39, 0.29) is 5.75 Å². The molecule has 1 saturated heterocycles. The number of nitrogens with two attached hydrogens (primary N) is 1. The molecule has 6 atom stereocenters. The second kappa shape index (κ2) is 11.4. The van der Waals surface area contributed by atoms with Gasteiger partial charge in [0.05, 0.1) is 12.7 Å². The van der Waals surface area contributed by atoms with Crippen LogP contribution in [0.4, 0.5) is 0 Å². The molecule has 1 fully saturated rings. The Bertz CT molecular complexity index is 1110. The zero-order valence-electron chi connectivity index (χ0n) is 19.8. The van der Waals surface area contributed by atoms with Gasteiger partial charge in [0, 0.05) is 0 Å². The van der Waals surface area contributed by atoms with Crippen LogP contribution >= 0.6 is 7.75 Å². The van der Waals surface area contributed by atoms with Crippen molar-refractivity contribution in [2.45, 2.75) is 57.5 Å². The Balaban J connectivity index is 1.75. The number of benzene rings is 1. The molecular weight excluding hydrogens is 499 g/mol. The van der Waals surface area contributed by atoms with Gasteiger partial charge in [-0.1, -0.05) is 18.2 Å². The van der Waals surface area contributed by atoms with E-state index in [1.54, 1.807) is 32.0 Å². The lowest BCUT2D eigenvalue weighted by molar-refractivity contribution is -0.149. The number of nitrogens with zero attached hydrogens (tertiary/aromatic N) is 2. The molecule has 2 heterocycles. The number of aliphatic hydroxyl groups is 2. The second-order valence-corrected chi connectivity index (χ2v) is 9.96. The summed E-state index contributed by atoms with van der Waals surface area (Å²) in [6.45, 7) is 4.17. The molecule has 36 heavy (non-hydrogen) atoms. The molecule has 0 saturated carbocycles. The Labute approximate surface area is 206 Å². The minimum absolute atomic E-state index is 0.172. The second-order valence-electron chi connectivity index (χ2n) is 8.27. The Morgan fingerprint density at radius 1 is 1.22 bits per heavy atom. The lowest BCUT2D eigenvalue weighted by Crippen LogP contribution is -2.38. The Morgan fingerprint density at radius 2 is 1.89 bits per heavy atom. The fraction of sp³-hybridized carbons (Fsp3) is 0.476. The lowest BCUT2D eigenvalue weighted by atomic mass is 10.1. The van der Waals surface area contributed by atoms with E-state index in [0.29, 0.717) is 0 Å². The first-order chi connectivity index (χ1) is 16.9. The molecule has 198 valence electrons. The Hall–Kier alpha value is -3.00. The summed E-state index contributed by atoms with van der Waals surface area (Å²) < 4.78 is 36.2. The molecule has 6 N–H and O–H groups in total. The molecule has 0 radical (unpaired) electrons. The number of imidazole rings is 1. The van der Waals surface area contributed by atoms with Gasteiger partial charge in [0.25, 0.3) is 5.91 Å². The molecule has 1 aromatic carbocycles. The lowest BCUT2D eigenvalue weighted by Gasteiger charge is -2.25. The largest absolute Gasteiger partial charge is 0.493 e. The highest BCUT2D eigenvalue weighted by molar-refractivity contribution is 7.52. The number of hydrogen-bond donors (Lipinski definition) is 5. The van der Waals surface area contributed by atoms with Crippen molar-refractivity contribution in [3.63, 3.8) is 0 Å². The molecule has 0 aliphatic carbocycles. The topological polar surface area (TPSA) is 205 Å². The number of para-hydroxylation sites is 1. The standard InChI is InChI=1S/C21H29N4O10P/c1-11(2)33-21(30)12(3)24-36(31,35-13-7-5-4-6-8-13)32-9-14-16(26)17(27)20(34-14)25-10-23-15(18(22)28)19(25)29/h4-8,10-12,14,16-17,20,26-27,29H,9H2,1-3H3,(H2,22,28)(H,24,31)/t12-,14+,16?,17+,20+,36?/m0/s1. The predicted molar refractivity (Wildman–Crippen MR) is 123 cm³/mol. The summed E-state index contributed by atoms with van der Waals surface area (Å²) in [6.07, 6.45) is -5.16. The molecular formula is C21H29N4O10P. The molecule has 3 rings (SSSR count). The number of nitrogens with one attached hydrogen (secondary N) is 1. The summed E-state index contributed by atoms with van der Waals surface area (Å²) in [4.78, 5) is 27.2. The SMILES string of the molecule is CC(C)OC(=O)[C@H](C)NP(=O)(OC[C@H]1O[C@@H](n2cnc(C(N)=O)c2O)[C@H](O)C1O)Oc1ccccc1. The highest BCUT2D eigenvalue weighted by Crippen LogP contribution is 2.46. The third-order valence-electron chi connectivity index (χ3n) is 5.05. The zero-order valence-corrected chi connectivity index (χ0v) is 20.6. The number of carbonyl (C=O) groups excluding carboxylic acids is 2. The van der Waals surface area contributed by atoms with Gasteiger partial charge in [-0.05, 0) is 32.9 Å². The molecule has 14 nitrogen and oxygen atoms in total. The summed E-state index contributed by atoms with van der Waals surface area (Å²) in [6, 6.07) is 6.94. The van der Waals surface area contributed by atoms with Gasteiger partial charge in [0.2, 0.25) is 5.88 Å². The molecule has 1 aromatic heterocycles. The van der Waals surface area contributed by atoms with Gasteiger partial charge in [0.15, 0.2) is 11.9 Å². The van der Waals surface area contributed by atoms with E-state index in [1.165, 1.54) is 19.1 Å². The molecule has 0 bridgehead atoms. The first-order valence-electron chi connectivity index (χ1n) is 11.0. The summed E-state index contributed by atoms with van der Waals surface area (Å²) in [5.41, 5.74) is 4.68. The maximum Gasteiger partial charge on any atom is 0.459 e. The monoisotopic (exact) mass is 528 g/mol. The van der Waals surface area contributed by atoms with E-state index < -0.39 is 74.5 Å². The quantitative estimate of drug-likeness (QED) is 0.199. The van der Waals surface area contributed by atoms with Crippen LogP contribution in [0.2, 0.25) is 0 Å². The zero-order chi connectivity index (χ0) is 26.6. The molecule has 15 heteroatoms. The van der Waals surface area contributed by atoms with Gasteiger partial charge in [-0.3, -0.25) is 18.7 Å². The molecule has 1 aliphatic heterocycles. The molecule has 0 spiro atoms. The van der Waals surface area contributed by atoms with Crippen molar-refractivity contribution in [3.05, 3.63) is 42.4 Å². The number of amides is 1. The summed E-state index contributed by atoms with van der Waals surface area (Å²) in [5.74, 6) is -2.20. The van der Waals surface area contributed by atoms with Crippen molar-refractivity contribution in [1.29, 1.82) is 0 Å². The number of aliphatic hydroxyl groups excluding tert-OH is 2. The van der Waals surface area contributed by atoms with Crippen LogP contribution in [0, 0.1) is 0 Å². The fourth-order valence-corrected chi connectivity index (χ4v) is 4.82. The van der Waals surface area contributed by atoms with Gasteiger partial charge in [-0.25, -0.2) is 9.55 Å². The van der Waals surface area contributed by atoms with Crippen molar-refractivity contribution < 1.29 is 48.0 Å². The van der Waals surface area contributed by atoms with Crippen LogP contribution < -0.4 is 15.3 Å². The van der Waals surface area contributed by atoms with Gasteiger partial charge < -0.3 is 35.1 Å². The average Bonchev–Trinajstić information content (AvgIpc) is 3.32. The van der Waals surface area contributed by atoms with Crippen molar-refractivity contribution >= 4 is 19.6 Å². The molecule has 2 aromatic rings. The summed E-state index contributed by atoms with van der Waals surface area (Å²) in [7, 11) is -4.26. The van der Waals surface area contributed by atoms with Crippen LogP contribution in [0.5, 0.6) is 11.6 Å². The van der Waals surface area contributed by atoms with Crippen LogP contribution in [0.15, 0.2) is 36.7 Å². The number of esters is 1. The van der Waals surface area contributed by atoms with E-state index >= 15 is 0 Å². The van der Waals surface area contributed by atoms with Crippen molar-refractivity contribution in [2.75, 3.05) is 6.61 Å². The summed E-state index contributed by atoms with van der Waals surface area (Å²) >= 11 is 0. The first kappa shape index (κ1) is 27.6. The number of ether oxygens (including phenoxy) is 2. The Morgan fingerprint density at radius 3 is 2.47 bits per heavy atom. The molecule has 1 aliphatic rings. The average molecular weight is 528 g/mol. The third kappa shape index (κ3) is 6.40.